The number of carbonyl (C=O) groups excluding carboxylic acids is 2. The van der Waals surface area contributed by atoms with Crippen LogP contribution in [-0.2, 0) is 12.8 Å². The van der Waals surface area contributed by atoms with Crippen LogP contribution in [-0.4, -0.2) is 16.9 Å². The van der Waals surface area contributed by atoms with Gasteiger partial charge in [-0.1, -0.05) is 26.3 Å². The van der Waals surface area contributed by atoms with Crippen molar-refractivity contribution in [3.8, 4) is 5.75 Å². The minimum atomic E-state index is -0.477. The lowest BCUT2D eigenvalue weighted by Crippen LogP contribution is -2.41. The van der Waals surface area contributed by atoms with Gasteiger partial charge in [0, 0.05) is 10.4 Å². The van der Waals surface area contributed by atoms with Crippen LogP contribution in [0.15, 0.2) is 30.3 Å². The lowest BCUT2D eigenvalue weighted by atomic mass is 10.1. The summed E-state index contributed by atoms with van der Waals surface area (Å²) in [7, 11) is 0. The Morgan fingerprint density at radius 1 is 1.13 bits per heavy atom. The molecule has 0 atom stereocenters. The molecule has 0 aliphatic carbocycles. The number of benzene rings is 1. The third-order valence-electron chi connectivity index (χ3n) is 3.38. The first kappa shape index (κ1) is 17.0. The largest absolute Gasteiger partial charge is 0.508 e. The van der Waals surface area contributed by atoms with E-state index in [4.69, 9.17) is 0 Å². The lowest BCUT2D eigenvalue weighted by Gasteiger charge is -2.06. The zero-order chi connectivity index (χ0) is 16.8. The third kappa shape index (κ3) is 4.32. The van der Waals surface area contributed by atoms with Crippen LogP contribution in [0.1, 0.15) is 50.7 Å². The predicted octanol–water partition coefficient (Wildman–Crippen LogP) is 3.04. The van der Waals surface area contributed by atoms with Crippen molar-refractivity contribution in [2.45, 2.75) is 33.1 Å². The number of hydrazine groups is 1. The van der Waals surface area contributed by atoms with Gasteiger partial charge in [0.05, 0.1) is 4.88 Å². The average Bonchev–Trinajstić information content (AvgIpc) is 2.96. The number of carbonyl (C=O) groups is 2. The van der Waals surface area contributed by atoms with Crippen molar-refractivity contribution in [3.05, 3.63) is 51.2 Å². The highest BCUT2D eigenvalue weighted by Crippen LogP contribution is 2.24. The SMILES string of the molecule is CCCc1sc(C(=O)NNC(=O)c2cccc(O)c2)cc1CC. The van der Waals surface area contributed by atoms with Crippen molar-refractivity contribution in [1.82, 2.24) is 10.9 Å². The Labute approximate surface area is 139 Å². The predicted molar refractivity (Wildman–Crippen MR) is 90.7 cm³/mol. The molecular formula is C17H20N2O3S. The molecule has 2 rings (SSSR count). The van der Waals surface area contributed by atoms with E-state index in [0.29, 0.717) is 4.88 Å². The molecule has 1 heterocycles. The molecule has 0 radical (unpaired) electrons. The van der Waals surface area contributed by atoms with E-state index in [1.54, 1.807) is 12.1 Å². The van der Waals surface area contributed by atoms with Gasteiger partial charge in [-0.3, -0.25) is 20.4 Å². The van der Waals surface area contributed by atoms with Gasteiger partial charge in [0.25, 0.3) is 11.8 Å². The summed E-state index contributed by atoms with van der Waals surface area (Å²) >= 11 is 1.46. The van der Waals surface area contributed by atoms with Crippen molar-refractivity contribution in [1.29, 1.82) is 0 Å². The van der Waals surface area contributed by atoms with Crippen molar-refractivity contribution < 1.29 is 14.7 Å². The van der Waals surface area contributed by atoms with Gasteiger partial charge in [-0.2, -0.15) is 0 Å². The maximum atomic E-state index is 12.2. The summed E-state index contributed by atoms with van der Waals surface area (Å²) < 4.78 is 0. The second kappa shape index (κ2) is 7.78. The quantitative estimate of drug-likeness (QED) is 0.736. The Morgan fingerprint density at radius 2 is 1.87 bits per heavy atom. The Bertz CT molecular complexity index is 710. The Kier molecular flexibility index (Phi) is 5.76. The van der Waals surface area contributed by atoms with Gasteiger partial charge in [-0.05, 0) is 42.7 Å². The lowest BCUT2D eigenvalue weighted by molar-refractivity contribution is 0.0848. The van der Waals surface area contributed by atoms with Crippen LogP contribution in [0.4, 0.5) is 0 Å². The monoisotopic (exact) mass is 332 g/mol. The molecule has 0 aliphatic heterocycles. The summed E-state index contributed by atoms with van der Waals surface area (Å²) in [6.45, 7) is 4.17. The smallest absolute Gasteiger partial charge is 0.279 e. The molecule has 0 bridgehead atoms. The highest BCUT2D eigenvalue weighted by molar-refractivity contribution is 7.14. The minimum Gasteiger partial charge on any atom is -0.508 e. The van der Waals surface area contributed by atoms with Crippen LogP contribution in [0.25, 0.3) is 0 Å². The molecule has 1 aromatic carbocycles. The molecule has 0 fully saturated rings. The molecule has 0 saturated carbocycles. The maximum Gasteiger partial charge on any atom is 0.279 e. The second-order valence-corrected chi connectivity index (χ2v) is 6.26. The third-order valence-corrected chi connectivity index (χ3v) is 4.61. The number of hydrogen-bond acceptors (Lipinski definition) is 4. The van der Waals surface area contributed by atoms with Gasteiger partial charge >= 0.3 is 0 Å². The number of rotatable bonds is 5. The first-order valence-corrected chi connectivity index (χ1v) is 8.38. The fourth-order valence-corrected chi connectivity index (χ4v) is 3.46. The van der Waals surface area contributed by atoms with E-state index in [1.807, 2.05) is 6.07 Å². The van der Waals surface area contributed by atoms with E-state index in [-0.39, 0.29) is 17.2 Å². The van der Waals surface area contributed by atoms with Crippen LogP contribution in [0, 0.1) is 0 Å². The second-order valence-electron chi connectivity index (χ2n) is 5.12. The van der Waals surface area contributed by atoms with Gasteiger partial charge < -0.3 is 5.11 Å². The molecule has 23 heavy (non-hydrogen) atoms. The van der Waals surface area contributed by atoms with Crippen molar-refractivity contribution in [3.63, 3.8) is 0 Å². The van der Waals surface area contributed by atoms with Gasteiger partial charge in [-0.25, -0.2) is 0 Å². The molecule has 0 spiro atoms. The Morgan fingerprint density at radius 3 is 2.52 bits per heavy atom. The fourth-order valence-electron chi connectivity index (χ4n) is 2.21. The number of nitrogens with one attached hydrogen (secondary N) is 2. The molecule has 2 aromatic rings. The van der Waals surface area contributed by atoms with Crippen molar-refractivity contribution in [2.75, 3.05) is 0 Å². The number of amides is 2. The topological polar surface area (TPSA) is 78.4 Å². The van der Waals surface area contributed by atoms with E-state index in [2.05, 4.69) is 24.7 Å². The number of hydrogen-bond donors (Lipinski definition) is 3. The first-order valence-electron chi connectivity index (χ1n) is 7.56. The highest BCUT2D eigenvalue weighted by atomic mass is 32.1. The molecule has 122 valence electrons. The van der Waals surface area contributed by atoms with Crippen molar-refractivity contribution in [2.24, 2.45) is 0 Å². The first-order chi connectivity index (χ1) is 11.0. The summed E-state index contributed by atoms with van der Waals surface area (Å²) in [5.41, 5.74) is 6.23. The molecule has 0 saturated heterocycles. The zero-order valence-corrected chi connectivity index (χ0v) is 14.0. The van der Waals surface area contributed by atoms with E-state index < -0.39 is 5.91 Å². The van der Waals surface area contributed by atoms with Crippen LogP contribution >= 0.6 is 11.3 Å². The Balaban J connectivity index is 2.00. The average molecular weight is 332 g/mol. The van der Waals surface area contributed by atoms with E-state index in [0.717, 1.165) is 19.3 Å². The fraction of sp³-hybridized carbons (Fsp3) is 0.294. The van der Waals surface area contributed by atoms with E-state index in [1.165, 1.54) is 33.9 Å². The van der Waals surface area contributed by atoms with Crippen LogP contribution in [0.2, 0.25) is 0 Å². The molecule has 0 aliphatic rings. The van der Waals surface area contributed by atoms with Gasteiger partial charge in [0.15, 0.2) is 0 Å². The summed E-state index contributed by atoms with van der Waals surface area (Å²) in [5, 5.41) is 9.36. The summed E-state index contributed by atoms with van der Waals surface area (Å²) in [4.78, 5) is 25.9. The van der Waals surface area contributed by atoms with E-state index >= 15 is 0 Å². The molecule has 3 N–H and O–H groups in total. The molecule has 1 aromatic heterocycles. The summed E-state index contributed by atoms with van der Waals surface area (Å²) in [5.74, 6) is -0.810. The highest BCUT2D eigenvalue weighted by Gasteiger charge is 2.14. The number of phenolic OH excluding ortho intramolecular Hbond substituents is 1. The summed E-state index contributed by atoms with van der Waals surface area (Å²) in [6, 6.07) is 7.81. The van der Waals surface area contributed by atoms with Crippen LogP contribution in [0.5, 0.6) is 5.75 Å². The normalized spacial score (nSPS) is 10.3. The maximum absolute atomic E-state index is 12.2. The standard InChI is InChI=1S/C17H20N2O3S/c1-3-6-14-11(4-2)10-15(23-14)17(22)19-18-16(21)12-7-5-8-13(20)9-12/h5,7-10,20H,3-4,6H2,1-2H3,(H,18,21)(H,19,22). The number of aryl methyl sites for hydroxylation is 2. The van der Waals surface area contributed by atoms with Gasteiger partial charge in [0.1, 0.15) is 5.75 Å². The van der Waals surface area contributed by atoms with Crippen LogP contribution < -0.4 is 10.9 Å². The number of aromatic hydroxyl groups is 1. The van der Waals surface area contributed by atoms with Gasteiger partial charge in [-0.15, -0.1) is 11.3 Å². The molecule has 2 amide bonds. The molecular weight excluding hydrogens is 312 g/mol. The number of phenols is 1. The van der Waals surface area contributed by atoms with Crippen molar-refractivity contribution >= 4 is 23.2 Å². The Hall–Kier alpha value is -2.34. The summed E-state index contributed by atoms with van der Waals surface area (Å²) in [6.07, 6.45) is 2.87. The molecule has 0 unspecified atom stereocenters. The number of thiophene rings is 1. The minimum absolute atomic E-state index is 0.000900. The zero-order valence-electron chi connectivity index (χ0n) is 13.2. The van der Waals surface area contributed by atoms with E-state index in [9.17, 15) is 14.7 Å². The molecule has 6 heteroatoms. The van der Waals surface area contributed by atoms with Crippen LogP contribution in [0.3, 0.4) is 0 Å². The molecule has 5 nitrogen and oxygen atoms in total. The van der Waals surface area contributed by atoms with Gasteiger partial charge in [0.2, 0.25) is 0 Å².